The average molecular weight is 278 g/mol. The van der Waals surface area contributed by atoms with Gasteiger partial charge in [0.25, 0.3) is 0 Å². The van der Waals surface area contributed by atoms with Crippen LogP contribution in [-0.2, 0) is 6.42 Å². The number of nitrogens with zero attached hydrogens (tertiary/aromatic N) is 2. The molecule has 0 aliphatic carbocycles. The van der Waals surface area contributed by atoms with E-state index in [4.69, 9.17) is 5.26 Å². The molecule has 4 heteroatoms. The van der Waals surface area contributed by atoms with Crippen LogP contribution in [-0.4, -0.2) is 10.1 Å². The monoisotopic (exact) mass is 278 g/mol. The molecule has 1 N–H and O–H groups in total. The van der Waals surface area contributed by atoms with E-state index in [-0.39, 0.29) is 11.4 Å². The molecule has 0 aliphatic heterocycles. The molecule has 3 nitrogen and oxygen atoms in total. The van der Waals surface area contributed by atoms with Gasteiger partial charge >= 0.3 is 0 Å². The van der Waals surface area contributed by atoms with Gasteiger partial charge in [-0.2, -0.15) is 5.26 Å². The van der Waals surface area contributed by atoms with E-state index in [2.05, 4.69) is 4.98 Å². The lowest BCUT2D eigenvalue weighted by Crippen LogP contribution is -1.97. The molecule has 3 rings (SSSR count). The van der Waals surface area contributed by atoms with Gasteiger partial charge in [0, 0.05) is 17.2 Å². The van der Waals surface area contributed by atoms with Crippen LogP contribution in [0.3, 0.4) is 0 Å². The third-order valence-electron chi connectivity index (χ3n) is 3.35. The largest absolute Gasteiger partial charge is 0.492 e. The molecular formula is C17H11FN2O. The smallest absolute Gasteiger partial charge is 0.230 e. The highest BCUT2D eigenvalue weighted by atomic mass is 19.1. The maximum absolute atomic E-state index is 13.5. The molecule has 0 bridgehead atoms. The van der Waals surface area contributed by atoms with Crippen LogP contribution in [0.1, 0.15) is 16.8 Å². The fourth-order valence-corrected chi connectivity index (χ4v) is 2.37. The van der Waals surface area contributed by atoms with Crippen molar-refractivity contribution in [3.05, 3.63) is 71.2 Å². The standard InChI is InChI=1S/C17H11FN2O/c18-12-6-7-13-14(9-12)16(20-17(21)15(13)10-19)8-11-4-2-1-3-5-11/h1-7,9H,8H2,(H,20,21). The topological polar surface area (TPSA) is 56.9 Å². The van der Waals surface area contributed by atoms with Gasteiger partial charge < -0.3 is 5.11 Å². The highest BCUT2D eigenvalue weighted by Gasteiger charge is 2.14. The first-order valence-corrected chi connectivity index (χ1v) is 6.44. The number of aromatic hydroxyl groups is 1. The van der Waals surface area contributed by atoms with Gasteiger partial charge in [-0.1, -0.05) is 30.3 Å². The predicted octanol–water partition coefficient (Wildman–Crippen LogP) is 3.54. The number of nitriles is 1. The Morgan fingerprint density at radius 3 is 2.57 bits per heavy atom. The van der Waals surface area contributed by atoms with E-state index in [0.29, 0.717) is 22.9 Å². The predicted molar refractivity (Wildman–Crippen MR) is 77.3 cm³/mol. The van der Waals surface area contributed by atoms with Crippen LogP contribution >= 0.6 is 0 Å². The normalized spacial score (nSPS) is 10.5. The van der Waals surface area contributed by atoms with Gasteiger partial charge in [-0.05, 0) is 23.8 Å². The zero-order chi connectivity index (χ0) is 14.8. The van der Waals surface area contributed by atoms with E-state index < -0.39 is 5.82 Å². The number of rotatable bonds is 2. The first-order chi connectivity index (χ1) is 10.2. The maximum Gasteiger partial charge on any atom is 0.230 e. The van der Waals surface area contributed by atoms with Crippen molar-refractivity contribution in [2.75, 3.05) is 0 Å². The Hall–Kier alpha value is -2.93. The summed E-state index contributed by atoms with van der Waals surface area (Å²) in [6, 6.07) is 15.6. The Labute approximate surface area is 120 Å². The highest BCUT2D eigenvalue weighted by molar-refractivity contribution is 5.91. The molecule has 102 valence electrons. The van der Waals surface area contributed by atoms with Gasteiger partial charge in [0.15, 0.2) is 0 Å². The van der Waals surface area contributed by atoms with Crippen molar-refractivity contribution in [2.24, 2.45) is 0 Å². The maximum atomic E-state index is 13.5. The molecule has 0 saturated carbocycles. The highest BCUT2D eigenvalue weighted by Crippen LogP contribution is 2.29. The Balaban J connectivity index is 2.23. The van der Waals surface area contributed by atoms with Crippen molar-refractivity contribution in [3.63, 3.8) is 0 Å². The number of benzene rings is 2. The molecule has 3 aromatic rings. The molecule has 2 aromatic carbocycles. The van der Waals surface area contributed by atoms with Crippen molar-refractivity contribution >= 4 is 10.8 Å². The van der Waals surface area contributed by atoms with Crippen molar-refractivity contribution in [1.29, 1.82) is 5.26 Å². The lowest BCUT2D eigenvalue weighted by molar-refractivity contribution is 0.451. The zero-order valence-electron chi connectivity index (χ0n) is 11.0. The van der Waals surface area contributed by atoms with Gasteiger partial charge in [-0.15, -0.1) is 0 Å². The molecule has 0 amide bonds. The second kappa shape index (κ2) is 5.22. The summed E-state index contributed by atoms with van der Waals surface area (Å²) in [7, 11) is 0. The number of aromatic nitrogens is 1. The third-order valence-corrected chi connectivity index (χ3v) is 3.35. The Morgan fingerprint density at radius 2 is 1.86 bits per heavy atom. The fraction of sp³-hybridized carbons (Fsp3) is 0.0588. The number of pyridine rings is 1. The van der Waals surface area contributed by atoms with Gasteiger partial charge in [0.1, 0.15) is 17.4 Å². The minimum absolute atomic E-state index is 0.0711. The molecule has 0 fully saturated rings. The summed E-state index contributed by atoms with van der Waals surface area (Å²) in [4.78, 5) is 4.07. The minimum Gasteiger partial charge on any atom is -0.492 e. The number of hydrogen-bond acceptors (Lipinski definition) is 3. The number of fused-ring (bicyclic) bond motifs is 1. The third kappa shape index (κ3) is 2.41. The molecule has 0 radical (unpaired) electrons. The van der Waals surface area contributed by atoms with E-state index >= 15 is 0 Å². The van der Waals surface area contributed by atoms with Crippen molar-refractivity contribution in [3.8, 4) is 11.9 Å². The number of hydrogen-bond donors (Lipinski definition) is 1. The summed E-state index contributed by atoms with van der Waals surface area (Å²) in [5.41, 5.74) is 1.62. The Bertz CT molecular complexity index is 854. The molecule has 0 atom stereocenters. The van der Waals surface area contributed by atoms with Crippen molar-refractivity contribution in [2.45, 2.75) is 6.42 Å². The minimum atomic E-state index is -0.395. The van der Waals surface area contributed by atoms with E-state index in [0.717, 1.165) is 5.56 Å². The number of halogens is 1. The SMILES string of the molecule is N#Cc1c(O)nc(Cc2ccccc2)c2cc(F)ccc12. The van der Waals surface area contributed by atoms with Gasteiger partial charge in [-0.3, -0.25) is 0 Å². The lowest BCUT2D eigenvalue weighted by Gasteiger charge is -2.09. The molecule has 0 saturated heterocycles. The van der Waals surface area contributed by atoms with Gasteiger partial charge in [-0.25, -0.2) is 9.37 Å². The van der Waals surface area contributed by atoms with Crippen molar-refractivity contribution in [1.82, 2.24) is 4.98 Å². The van der Waals surface area contributed by atoms with Crippen molar-refractivity contribution < 1.29 is 9.50 Å². The Morgan fingerprint density at radius 1 is 1.10 bits per heavy atom. The summed E-state index contributed by atoms with van der Waals surface area (Å²) in [6.45, 7) is 0. The van der Waals surface area contributed by atoms with Gasteiger partial charge in [0.05, 0.1) is 5.69 Å². The van der Waals surface area contributed by atoms with Crippen LogP contribution in [0.15, 0.2) is 48.5 Å². The van der Waals surface area contributed by atoms with Crippen LogP contribution in [0.2, 0.25) is 0 Å². The first-order valence-electron chi connectivity index (χ1n) is 6.44. The van der Waals surface area contributed by atoms with Crippen LogP contribution < -0.4 is 0 Å². The molecule has 0 aliphatic rings. The van der Waals surface area contributed by atoms with Crippen LogP contribution in [0.25, 0.3) is 10.8 Å². The summed E-state index contributed by atoms with van der Waals surface area (Å²) in [5, 5.41) is 20.1. The molecule has 21 heavy (non-hydrogen) atoms. The molecule has 0 unspecified atom stereocenters. The molecule has 1 aromatic heterocycles. The zero-order valence-corrected chi connectivity index (χ0v) is 11.0. The lowest BCUT2D eigenvalue weighted by atomic mass is 10.0. The second-order valence-corrected chi connectivity index (χ2v) is 4.72. The average Bonchev–Trinajstić information content (AvgIpc) is 2.49. The van der Waals surface area contributed by atoms with E-state index in [1.165, 1.54) is 18.2 Å². The van der Waals surface area contributed by atoms with E-state index in [9.17, 15) is 9.50 Å². The second-order valence-electron chi connectivity index (χ2n) is 4.72. The van der Waals surface area contributed by atoms with Crippen LogP contribution in [0.4, 0.5) is 4.39 Å². The Kier molecular flexibility index (Phi) is 3.25. The molecule has 0 spiro atoms. The summed E-state index contributed by atoms with van der Waals surface area (Å²) < 4.78 is 13.5. The summed E-state index contributed by atoms with van der Waals surface area (Å²) in [6.07, 6.45) is 0.458. The van der Waals surface area contributed by atoms with Crippen LogP contribution in [0.5, 0.6) is 5.88 Å². The molecule has 1 heterocycles. The fourth-order valence-electron chi connectivity index (χ4n) is 2.37. The molecular weight excluding hydrogens is 267 g/mol. The quantitative estimate of drug-likeness (QED) is 0.780. The summed E-state index contributed by atoms with van der Waals surface area (Å²) in [5.74, 6) is -0.712. The first kappa shape index (κ1) is 13.1. The van der Waals surface area contributed by atoms with E-state index in [1.54, 1.807) is 0 Å². The van der Waals surface area contributed by atoms with Crippen LogP contribution in [0, 0.1) is 17.1 Å². The summed E-state index contributed by atoms with van der Waals surface area (Å²) >= 11 is 0. The van der Waals surface area contributed by atoms with Gasteiger partial charge in [0.2, 0.25) is 5.88 Å². The van der Waals surface area contributed by atoms with E-state index in [1.807, 2.05) is 36.4 Å².